The molecule has 0 aliphatic rings. The number of aromatic nitrogens is 2. The van der Waals surface area contributed by atoms with E-state index in [2.05, 4.69) is 43.7 Å². The van der Waals surface area contributed by atoms with E-state index in [-0.39, 0.29) is 5.56 Å². The molecule has 96 valence electrons. The van der Waals surface area contributed by atoms with Gasteiger partial charge in [-0.3, -0.25) is 4.79 Å². The Labute approximate surface area is 111 Å². The van der Waals surface area contributed by atoms with Crippen molar-refractivity contribution in [3.05, 3.63) is 37.9 Å². The summed E-state index contributed by atoms with van der Waals surface area (Å²) in [6, 6.07) is 3.68. The molecule has 18 heavy (non-hydrogen) atoms. The molecule has 0 radical (unpaired) electrons. The quantitative estimate of drug-likeness (QED) is 0.922. The van der Waals surface area contributed by atoms with Gasteiger partial charge in [0, 0.05) is 27.1 Å². The van der Waals surface area contributed by atoms with Gasteiger partial charge >= 0.3 is 0 Å². The molecule has 0 spiro atoms. The lowest BCUT2D eigenvalue weighted by molar-refractivity contribution is 0.634. The fourth-order valence-corrected chi connectivity index (χ4v) is 2.95. The van der Waals surface area contributed by atoms with Crippen LogP contribution in [0.2, 0.25) is 0 Å². The smallest absolute Gasteiger partial charge is 0.251 e. The minimum atomic E-state index is -0.0705. The summed E-state index contributed by atoms with van der Waals surface area (Å²) in [4.78, 5) is 21.5. The predicted molar refractivity (Wildman–Crippen MR) is 76.2 cm³/mol. The van der Waals surface area contributed by atoms with Gasteiger partial charge in [0.1, 0.15) is 5.82 Å². The predicted octanol–water partition coefficient (Wildman–Crippen LogP) is 3.31. The number of hydrogen-bond acceptors (Lipinski definition) is 3. The third-order valence-electron chi connectivity index (χ3n) is 2.71. The van der Waals surface area contributed by atoms with Crippen LogP contribution in [-0.4, -0.2) is 9.97 Å². The lowest BCUT2D eigenvalue weighted by Gasteiger charge is -2.06. The molecule has 2 heterocycles. The minimum Gasteiger partial charge on any atom is -0.306 e. The summed E-state index contributed by atoms with van der Waals surface area (Å²) in [6.07, 6.45) is 0.832. The van der Waals surface area contributed by atoms with Gasteiger partial charge in [0.15, 0.2) is 0 Å². The molecule has 2 aromatic heterocycles. The van der Waals surface area contributed by atoms with Crippen LogP contribution < -0.4 is 5.56 Å². The van der Waals surface area contributed by atoms with Crippen LogP contribution in [0.3, 0.4) is 0 Å². The number of aromatic amines is 1. The van der Waals surface area contributed by atoms with E-state index in [4.69, 9.17) is 0 Å². The second-order valence-corrected chi connectivity index (χ2v) is 6.47. The molecule has 0 amide bonds. The van der Waals surface area contributed by atoms with Gasteiger partial charge in [-0.25, -0.2) is 4.98 Å². The summed E-state index contributed by atoms with van der Waals surface area (Å²) >= 11 is 1.73. The Kier molecular flexibility index (Phi) is 3.66. The molecule has 0 unspecified atom stereocenters. The lowest BCUT2D eigenvalue weighted by Crippen LogP contribution is -2.11. The third kappa shape index (κ3) is 2.88. The molecule has 2 rings (SSSR count). The van der Waals surface area contributed by atoms with Crippen LogP contribution in [0, 0.1) is 19.8 Å². The van der Waals surface area contributed by atoms with Crippen LogP contribution in [0.1, 0.15) is 29.3 Å². The van der Waals surface area contributed by atoms with Crippen LogP contribution in [0.15, 0.2) is 16.9 Å². The maximum absolute atomic E-state index is 11.7. The zero-order chi connectivity index (χ0) is 13.3. The molecular formula is C14H18N2OS. The first-order chi connectivity index (χ1) is 8.45. The molecule has 0 aromatic carbocycles. The normalized spacial score (nSPS) is 11.2. The van der Waals surface area contributed by atoms with E-state index >= 15 is 0 Å². The summed E-state index contributed by atoms with van der Waals surface area (Å²) in [6.45, 7) is 8.38. The number of hydrogen-bond donors (Lipinski definition) is 1. The van der Waals surface area contributed by atoms with E-state index in [1.807, 2.05) is 0 Å². The maximum atomic E-state index is 11.7. The first-order valence-corrected chi connectivity index (χ1v) is 6.95. The van der Waals surface area contributed by atoms with Crippen molar-refractivity contribution in [3.63, 3.8) is 0 Å². The van der Waals surface area contributed by atoms with Crippen molar-refractivity contribution < 1.29 is 0 Å². The van der Waals surface area contributed by atoms with Crippen molar-refractivity contribution in [2.75, 3.05) is 0 Å². The second-order valence-electron chi connectivity index (χ2n) is 5.01. The third-order valence-corrected chi connectivity index (χ3v) is 3.67. The summed E-state index contributed by atoms with van der Waals surface area (Å²) in [5.74, 6) is 1.19. The van der Waals surface area contributed by atoms with Gasteiger partial charge in [-0.1, -0.05) is 13.8 Å². The molecule has 2 aromatic rings. The molecule has 4 heteroatoms. The number of H-pyrrole nitrogens is 1. The van der Waals surface area contributed by atoms with E-state index in [0.29, 0.717) is 11.7 Å². The zero-order valence-corrected chi connectivity index (χ0v) is 12.0. The topological polar surface area (TPSA) is 45.8 Å². The summed E-state index contributed by atoms with van der Waals surface area (Å²) in [5, 5.41) is 0. The van der Waals surface area contributed by atoms with Crippen molar-refractivity contribution in [1.29, 1.82) is 0 Å². The second kappa shape index (κ2) is 5.06. The lowest BCUT2D eigenvalue weighted by atomic mass is 10.1. The van der Waals surface area contributed by atoms with Gasteiger partial charge in [-0.2, -0.15) is 0 Å². The van der Waals surface area contributed by atoms with Gasteiger partial charge in [0.2, 0.25) is 0 Å². The van der Waals surface area contributed by atoms with Gasteiger partial charge in [0.05, 0.1) is 0 Å². The van der Waals surface area contributed by atoms with E-state index < -0.39 is 0 Å². The van der Waals surface area contributed by atoms with Crippen molar-refractivity contribution >= 4 is 11.3 Å². The molecule has 0 saturated heterocycles. The number of rotatable bonds is 3. The average molecular weight is 262 g/mol. The van der Waals surface area contributed by atoms with Crippen LogP contribution >= 0.6 is 11.3 Å². The first-order valence-electron chi connectivity index (χ1n) is 6.13. The van der Waals surface area contributed by atoms with E-state index in [9.17, 15) is 4.79 Å². The molecular weight excluding hydrogens is 244 g/mol. The van der Waals surface area contributed by atoms with Crippen molar-refractivity contribution in [2.45, 2.75) is 34.1 Å². The highest BCUT2D eigenvalue weighted by Gasteiger charge is 2.10. The highest BCUT2D eigenvalue weighted by atomic mass is 32.1. The van der Waals surface area contributed by atoms with Crippen LogP contribution in [0.4, 0.5) is 0 Å². The Hall–Kier alpha value is -1.42. The van der Waals surface area contributed by atoms with Crippen LogP contribution in [0.25, 0.3) is 11.4 Å². The number of thiophene rings is 1. The molecule has 1 N–H and O–H groups in total. The molecule has 0 bridgehead atoms. The number of aryl methyl sites for hydroxylation is 2. The molecule has 0 aliphatic carbocycles. The Morgan fingerprint density at radius 1 is 1.33 bits per heavy atom. The van der Waals surface area contributed by atoms with Crippen molar-refractivity contribution in [1.82, 2.24) is 9.97 Å². The molecule has 0 fully saturated rings. The zero-order valence-electron chi connectivity index (χ0n) is 11.2. The monoisotopic (exact) mass is 262 g/mol. The molecule has 3 nitrogen and oxygen atoms in total. The fourth-order valence-electron chi connectivity index (χ4n) is 2.02. The average Bonchev–Trinajstić information content (AvgIpc) is 2.55. The summed E-state index contributed by atoms with van der Waals surface area (Å²) in [7, 11) is 0. The Balaban J connectivity index is 2.48. The Bertz CT molecular complexity index is 610. The highest BCUT2D eigenvalue weighted by molar-refractivity contribution is 7.12. The highest BCUT2D eigenvalue weighted by Crippen LogP contribution is 2.27. The molecule has 0 atom stereocenters. The fraction of sp³-hybridized carbons (Fsp3) is 0.429. The standard InChI is InChI=1S/C14H18N2OS/c1-8(2)5-11-7-13(17)16-14(15-11)12-6-9(3)18-10(12)4/h6-8H,5H2,1-4H3,(H,15,16,17). The first kappa shape index (κ1) is 13.0. The Morgan fingerprint density at radius 3 is 2.61 bits per heavy atom. The van der Waals surface area contributed by atoms with Gasteiger partial charge in [-0.05, 0) is 32.3 Å². The van der Waals surface area contributed by atoms with Crippen LogP contribution in [0.5, 0.6) is 0 Å². The van der Waals surface area contributed by atoms with E-state index in [1.165, 1.54) is 9.75 Å². The summed E-state index contributed by atoms with van der Waals surface area (Å²) in [5.41, 5.74) is 1.84. The van der Waals surface area contributed by atoms with E-state index in [0.717, 1.165) is 17.7 Å². The van der Waals surface area contributed by atoms with Gasteiger partial charge in [-0.15, -0.1) is 11.3 Å². The number of nitrogens with one attached hydrogen (secondary N) is 1. The summed E-state index contributed by atoms with van der Waals surface area (Å²) < 4.78 is 0. The van der Waals surface area contributed by atoms with Crippen LogP contribution in [-0.2, 0) is 6.42 Å². The SMILES string of the molecule is Cc1cc(-c2nc(CC(C)C)cc(=O)[nH]2)c(C)s1. The Morgan fingerprint density at radius 2 is 2.06 bits per heavy atom. The van der Waals surface area contributed by atoms with E-state index in [1.54, 1.807) is 17.4 Å². The molecule has 0 saturated carbocycles. The molecule has 0 aliphatic heterocycles. The maximum Gasteiger partial charge on any atom is 0.251 e. The number of nitrogens with zero attached hydrogens (tertiary/aromatic N) is 1. The van der Waals surface area contributed by atoms with Gasteiger partial charge in [0.25, 0.3) is 5.56 Å². The van der Waals surface area contributed by atoms with Crippen molar-refractivity contribution in [2.24, 2.45) is 5.92 Å². The minimum absolute atomic E-state index is 0.0705. The van der Waals surface area contributed by atoms with Crippen molar-refractivity contribution in [3.8, 4) is 11.4 Å². The largest absolute Gasteiger partial charge is 0.306 e. The van der Waals surface area contributed by atoms with Gasteiger partial charge < -0.3 is 4.98 Å².